The van der Waals surface area contributed by atoms with Crippen LogP contribution in [0.3, 0.4) is 0 Å². The van der Waals surface area contributed by atoms with Gasteiger partial charge in [-0.2, -0.15) is 0 Å². The molecule has 2 fully saturated rings. The third kappa shape index (κ3) is 4.94. The van der Waals surface area contributed by atoms with E-state index in [0.29, 0.717) is 26.2 Å². The van der Waals surface area contributed by atoms with Crippen LogP contribution >= 0.6 is 0 Å². The molecule has 0 N–H and O–H groups in total. The summed E-state index contributed by atoms with van der Waals surface area (Å²) in [5, 5.41) is 0. The molecule has 30 heavy (non-hydrogen) atoms. The molecule has 1 amide bonds. The lowest BCUT2D eigenvalue weighted by molar-refractivity contribution is -0.140. The smallest absolute Gasteiger partial charge is 0.236 e. The van der Waals surface area contributed by atoms with E-state index < -0.39 is 0 Å². The molecule has 2 heterocycles. The molecule has 0 bridgehead atoms. The van der Waals surface area contributed by atoms with E-state index in [2.05, 4.69) is 4.90 Å². The summed E-state index contributed by atoms with van der Waals surface area (Å²) in [6, 6.07) is 15.7. The maximum Gasteiger partial charge on any atom is 0.236 e. The molecule has 1 unspecified atom stereocenters. The number of carbonyl (C=O) groups is 2. The normalized spacial score (nSPS) is 20.8. The van der Waals surface area contributed by atoms with Crippen LogP contribution in [0.2, 0.25) is 0 Å². The highest BCUT2D eigenvalue weighted by atomic mass is 19.1. The van der Waals surface area contributed by atoms with Gasteiger partial charge in [-0.1, -0.05) is 42.5 Å². The zero-order chi connectivity index (χ0) is 20.9. The molecule has 0 spiro atoms. The lowest BCUT2D eigenvalue weighted by Gasteiger charge is -2.36. The van der Waals surface area contributed by atoms with E-state index in [4.69, 9.17) is 4.74 Å². The quantitative estimate of drug-likeness (QED) is 0.710. The number of carbonyl (C=O) groups excluding carboxylic acids is 2. The number of Topliss-reactive ketones (excluding diaryl/α,β-unsaturated/α-hetero) is 1. The van der Waals surface area contributed by atoms with Gasteiger partial charge in [-0.25, -0.2) is 4.39 Å². The number of hydrogen-bond donors (Lipinski definition) is 0. The van der Waals surface area contributed by atoms with E-state index in [9.17, 15) is 14.0 Å². The van der Waals surface area contributed by atoms with Crippen LogP contribution in [0.25, 0.3) is 0 Å². The van der Waals surface area contributed by atoms with Crippen molar-refractivity contribution >= 4 is 11.7 Å². The summed E-state index contributed by atoms with van der Waals surface area (Å²) in [6.45, 7) is 3.39. The largest absolute Gasteiger partial charge is 0.370 e. The molecular weight excluding hydrogens is 383 g/mol. The number of morpholine rings is 1. The zero-order valence-electron chi connectivity index (χ0n) is 17.0. The second-order valence-corrected chi connectivity index (χ2v) is 8.03. The number of piperidine rings is 1. The van der Waals surface area contributed by atoms with E-state index >= 15 is 0 Å². The van der Waals surface area contributed by atoms with Crippen molar-refractivity contribution in [3.63, 3.8) is 0 Å². The first kappa shape index (κ1) is 20.7. The number of benzene rings is 2. The monoisotopic (exact) mass is 410 g/mol. The van der Waals surface area contributed by atoms with Crippen LogP contribution in [0.1, 0.15) is 34.9 Å². The Kier molecular flexibility index (Phi) is 6.55. The number of likely N-dealkylation sites (tertiary alicyclic amines) is 1. The number of nitrogens with zero attached hydrogens (tertiary/aromatic N) is 2. The molecular formula is C24H27FN2O3. The van der Waals surface area contributed by atoms with E-state index in [-0.39, 0.29) is 29.5 Å². The second kappa shape index (κ2) is 9.49. The fraction of sp³-hybridized carbons (Fsp3) is 0.417. The van der Waals surface area contributed by atoms with Crippen LogP contribution in [-0.2, 0) is 9.53 Å². The minimum Gasteiger partial charge on any atom is -0.370 e. The van der Waals surface area contributed by atoms with Crippen LogP contribution in [0.4, 0.5) is 4.39 Å². The van der Waals surface area contributed by atoms with Crippen LogP contribution in [-0.4, -0.2) is 60.8 Å². The van der Waals surface area contributed by atoms with Gasteiger partial charge in [0.2, 0.25) is 5.91 Å². The fourth-order valence-electron chi connectivity index (χ4n) is 4.24. The highest BCUT2D eigenvalue weighted by molar-refractivity contribution is 5.97. The SMILES string of the molecule is O=C(c1ccccc1)C1CCN(CC(=O)N2CCOC(c3ccc(F)cc3)C2)CC1. The molecule has 0 radical (unpaired) electrons. The third-order valence-corrected chi connectivity index (χ3v) is 6.04. The van der Waals surface area contributed by atoms with Crippen molar-refractivity contribution in [2.24, 2.45) is 5.92 Å². The van der Waals surface area contributed by atoms with Crippen molar-refractivity contribution in [3.8, 4) is 0 Å². The Balaban J connectivity index is 1.27. The number of ether oxygens (including phenoxy) is 1. The van der Waals surface area contributed by atoms with Gasteiger partial charge in [0, 0.05) is 18.0 Å². The van der Waals surface area contributed by atoms with E-state index in [1.54, 1.807) is 12.1 Å². The zero-order valence-corrected chi connectivity index (χ0v) is 17.0. The van der Waals surface area contributed by atoms with E-state index in [1.165, 1.54) is 12.1 Å². The Morgan fingerprint density at radius 3 is 2.37 bits per heavy atom. The van der Waals surface area contributed by atoms with Crippen LogP contribution in [0.15, 0.2) is 54.6 Å². The Morgan fingerprint density at radius 1 is 0.967 bits per heavy atom. The average Bonchev–Trinajstić information content (AvgIpc) is 2.80. The first-order valence-electron chi connectivity index (χ1n) is 10.6. The summed E-state index contributed by atoms with van der Waals surface area (Å²) in [5.41, 5.74) is 1.65. The number of ketones is 1. The topological polar surface area (TPSA) is 49.9 Å². The molecule has 1 atom stereocenters. The predicted octanol–water partition coefficient (Wildman–Crippen LogP) is 3.32. The van der Waals surface area contributed by atoms with Gasteiger partial charge in [0.1, 0.15) is 11.9 Å². The second-order valence-electron chi connectivity index (χ2n) is 8.03. The van der Waals surface area contributed by atoms with Gasteiger partial charge in [0.15, 0.2) is 5.78 Å². The number of rotatable bonds is 5. The van der Waals surface area contributed by atoms with Gasteiger partial charge >= 0.3 is 0 Å². The Bertz CT molecular complexity index is 864. The minimum atomic E-state index is -0.281. The predicted molar refractivity (Wildman–Crippen MR) is 112 cm³/mol. The molecule has 2 aromatic rings. The minimum absolute atomic E-state index is 0.0324. The highest BCUT2D eigenvalue weighted by Crippen LogP contribution is 2.24. The summed E-state index contributed by atoms with van der Waals surface area (Å²) in [5.74, 6) is 0.0387. The summed E-state index contributed by atoms with van der Waals surface area (Å²) < 4.78 is 19.0. The summed E-state index contributed by atoms with van der Waals surface area (Å²) >= 11 is 0. The summed E-state index contributed by atoms with van der Waals surface area (Å²) in [4.78, 5) is 29.4. The number of amides is 1. The summed E-state index contributed by atoms with van der Waals surface area (Å²) in [7, 11) is 0. The first-order valence-corrected chi connectivity index (χ1v) is 10.6. The lowest BCUT2D eigenvalue weighted by atomic mass is 9.89. The number of hydrogen-bond acceptors (Lipinski definition) is 4. The third-order valence-electron chi connectivity index (χ3n) is 6.04. The average molecular weight is 410 g/mol. The van der Waals surface area contributed by atoms with Crippen LogP contribution in [0.5, 0.6) is 0 Å². The van der Waals surface area contributed by atoms with Gasteiger partial charge in [-0.15, -0.1) is 0 Å². The Labute approximate surface area is 176 Å². The van der Waals surface area contributed by atoms with Gasteiger partial charge in [-0.05, 0) is 43.6 Å². The molecule has 0 aliphatic carbocycles. The van der Waals surface area contributed by atoms with Gasteiger partial charge < -0.3 is 9.64 Å². The fourth-order valence-corrected chi connectivity index (χ4v) is 4.24. The van der Waals surface area contributed by atoms with E-state index in [0.717, 1.165) is 37.1 Å². The molecule has 6 heteroatoms. The number of halogens is 1. The maximum absolute atomic E-state index is 13.2. The molecule has 0 saturated carbocycles. The van der Waals surface area contributed by atoms with Crippen molar-refractivity contribution in [1.29, 1.82) is 0 Å². The summed E-state index contributed by atoms with van der Waals surface area (Å²) in [6.07, 6.45) is 1.34. The Morgan fingerprint density at radius 2 is 1.67 bits per heavy atom. The molecule has 2 saturated heterocycles. The molecule has 2 aromatic carbocycles. The Hall–Kier alpha value is -2.57. The van der Waals surface area contributed by atoms with E-state index in [1.807, 2.05) is 35.2 Å². The molecule has 0 aromatic heterocycles. The maximum atomic E-state index is 13.2. The van der Waals surface area contributed by atoms with Crippen molar-refractivity contribution in [2.75, 3.05) is 39.3 Å². The molecule has 2 aliphatic heterocycles. The lowest BCUT2D eigenvalue weighted by Crippen LogP contribution is -2.48. The highest BCUT2D eigenvalue weighted by Gasteiger charge is 2.29. The van der Waals surface area contributed by atoms with Crippen molar-refractivity contribution in [2.45, 2.75) is 18.9 Å². The molecule has 5 nitrogen and oxygen atoms in total. The molecule has 158 valence electrons. The standard InChI is InChI=1S/C24H27FN2O3/c25-21-8-6-18(7-9-21)22-16-27(14-15-30-22)23(28)17-26-12-10-20(11-13-26)24(29)19-4-2-1-3-5-19/h1-9,20,22H,10-17H2. The molecule has 2 aliphatic rings. The molecule has 4 rings (SSSR count). The van der Waals surface area contributed by atoms with Crippen LogP contribution < -0.4 is 0 Å². The van der Waals surface area contributed by atoms with Gasteiger partial charge in [-0.3, -0.25) is 14.5 Å². The van der Waals surface area contributed by atoms with Crippen molar-refractivity contribution < 1.29 is 18.7 Å². The van der Waals surface area contributed by atoms with Gasteiger partial charge in [0.05, 0.1) is 19.7 Å². The van der Waals surface area contributed by atoms with Crippen molar-refractivity contribution in [3.05, 3.63) is 71.5 Å². The van der Waals surface area contributed by atoms with Crippen LogP contribution in [0, 0.1) is 11.7 Å². The first-order chi connectivity index (χ1) is 14.6. The van der Waals surface area contributed by atoms with Crippen molar-refractivity contribution in [1.82, 2.24) is 9.80 Å². The van der Waals surface area contributed by atoms with Gasteiger partial charge in [0.25, 0.3) is 0 Å².